The molecular formula is C28H24ClF3N8. The maximum absolute atomic E-state index is 14.8. The molecule has 0 amide bonds. The lowest BCUT2D eigenvalue weighted by Crippen LogP contribution is -2.42. The monoisotopic (exact) mass is 564 g/mol. The largest absolute Gasteiger partial charge is 0.382 e. The molecule has 0 bridgehead atoms. The van der Waals surface area contributed by atoms with Crippen LogP contribution >= 0.6 is 11.6 Å². The second-order valence-corrected chi connectivity index (χ2v) is 10.5. The summed E-state index contributed by atoms with van der Waals surface area (Å²) in [5.74, 6) is -2.23. The average molecular weight is 565 g/mol. The van der Waals surface area contributed by atoms with Crippen LogP contribution < -0.4 is 11.5 Å². The van der Waals surface area contributed by atoms with Crippen LogP contribution in [-0.2, 0) is 12.1 Å². The lowest BCUT2D eigenvalue weighted by molar-refractivity contribution is 0.257. The maximum Gasteiger partial charge on any atom is 0.165 e. The van der Waals surface area contributed by atoms with E-state index in [2.05, 4.69) is 24.9 Å². The van der Waals surface area contributed by atoms with Crippen molar-refractivity contribution in [3.05, 3.63) is 94.7 Å². The van der Waals surface area contributed by atoms with Crippen molar-refractivity contribution < 1.29 is 13.2 Å². The van der Waals surface area contributed by atoms with E-state index >= 15 is 0 Å². The summed E-state index contributed by atoms with van der Waals surface area (Å²) in [5, 5.41) is 0.176. The van der Waals surface area contributed by atoms with Crippen LogP contribution in [0, 0.1) is 17.5 Å². The highest BCUT2D eigenvalue weighted by molar-refractivity contribution is 6.29. The predicted octanol–water partition coefficient (Wildman–Crippen LogP) is 5.50. The van der Waals surface area contributed by atoms with Gasteiger partial charge in [-0.25, -0.2) is 33.1 Å². The molecule has 1 saturated carbocycles. The van der Waals surface area contributed by atoms with Crippen LogP contribution in [0.1, 0.15) is 48.4 Å². The van der Waals surface area contributed by atoms with Crippen LogP contribution in [-0.4, -0.2) is 29.5 Å². The van der Waals surface area contributed by atoms with E-state index in [1.54, 1.807) is 12.5 Å². The number of nitrogen functional groups attached to an aromatic ring is 1. The van der Waals surface area contributed by atoms with Crippen molar-refractivity contribution in [1.29, 1.82) is 0 Å². The van der Waals surface area contributed by atoms with E-state index < -0.39 is 23.0 Å². The smallest absolute Gasteiger partial charge is 0.165 e. The Kier molecular flexibility index (Phi) is 6.63. The zero-order valence-electron chi connectivity index (χ0n) is 21.2. The summed E-state index contributed by atoms with van der Waals surface area (Å²) in [4.78, 5) is 21.5. The molecule has 8 nitrogen and oxygen atoms in total. The van der Waals surface area contributed by atoms with Gasteiger partial charge in [-0.05, 0) is 72.7 Å². The molecule has 1 fully saturated rings. The van der Waals surface area contributed by atoms with Gasteiger partial charge in [-0.15, -0.1) is 0 Å². The Balaban J connectivity index is 1.43. The molecule has 12 heteroatoms. The van der Waals surface area contributed by atoms with E-state index in [1.807, 2.05) is 10.6 Å². The Morgan fingerprint density at radius 2 is 1.82 bits per heavy atom. The highest BCUT2D eigenvalue weighted by atomic mass is 35.5. The van der Waals surface area contributed by atoms with E-state index in [9.17, 15) is 13.2 Å². The fraction of sp³-hybridized carbons (Fsp3) is 0.250. The normalized spacial score (nSPS) is 19.3. The highest BCUT2D eigenvalue weighted by Gasteiger charge is 2.39. The van der Waals surface area contributed by atoms with Gasteiger partial charge < -0.3 is 16.0 Å². The quantitative estimate of drug-likeness (QED) is 0.270. The van der Waals surface area contributed by atoms with Crippen LogP contribution in [0.2, 0.25) is 5.15 Å². The van der Waals surface area contributed by atoms with E-state index in [-0.39, 0.29) is 22.6 Å². The minimum absolute atomic E-state index is 0.0880. The molecule has 0 spiro atoms. The van der Waals surface area contributed by atoms with Crippen molar-refractivity contribution in [2.45, 2.75) is 43.7 Å². The van der Waals surface area contributed by atoms with Gasteiger partial charge in [-0.3, -0.25) is 4.98 Å². The summed E-state index contributed by atoms with van der Waals surface area (Å²) >= 11 is 6.09. The van der Waals surface area contributed by atoms with Gasteiger partial charge in [0.2, 0.25) is 0 Å². The van der Waals surface area contributed by atoms with Gasteiger partial charge in [0, 0.05) is 11.8 Å². The van der Waals surface area contributed by atoms with Crippen LogP contribution in [0.15, 0.2) is 55.2 Å². The third-order valence-electron chi connectivity index (χ3n) is 7.52. The molecule has 1 aliphatic rings. The number of pyridine rings is 2. The Morgan fingerprint density at radius 1 is 1.00 bits per heavy atom. The SMILES string of the molecule is Nc1ncnc2c1ncn2Cc1cc(-c2ccc(F)c(F)c2)ncc1C1CCC[C@](N)(c2nc(Cl)ccc2F)C1. The molecule has 1 aliphatic carbocycles. The zero-order chi connectivity index (χ0) is 28.0. The minimum atomic E-state index is -1.03. The van der Waals surface area contributed by atoms with Crippen molar-refractivity contribution in [1.82, 2.24) is 29.5 Å². The van der Waals surface area contributed by atoms with Crippen LogP contribution in [0.4, 0.5) is 19.0 Å². The fourth-order valence-corrected chi connectivity index (χ4v) is 5.73. The molecule has 4 N–H and O–H groups in total. The maximum atomic E-state index is 14.8. The Labute approximate surface area is 232 Å². The molecule has 5 aromatic rings. The summed E-state index contributed by atoms with van der Waals surface area (Å²) < 4.78 is 44.4. The third kappa shape index (κ3) is 4.75. The number of anilines is 1. The van der Waals surface area contributed by atoms with Crippen LogP contribution in [0.3, 0.4) is 0 Å². The van der Waals surface area contributed by atoms with Crippen molar-refractivity contribution >= 4 is 28.6 Å². The van der Waals surface area contributed by atoms with Gasteiger partial charge in [-0.2, -0.15) is 0 Å². The topological polar surface area (TPSA) is 121 Å². The first-order valence-corrected chi connectivity index (χ1v) is 13.1. The standard InChI is InChI=1S/C28H24ClF3N8/c29-23-6-5-20(31)25(39-23)28(34)7-1-2-16(10-28)18-11-35-22(15-3-4-19(30)21(32)8-15)9-17(18)12-40-14-38-24-26(33)36-13-37-27(24)40/h3-6,8-9,11,13-14,16H,1-2,7,10,12,34H2,(H2,33,36,37)/t16?,28-/m1/s1. The summed E-state index contributed by atoms with van der Waals surface area (Å²) in [6, 6.07) is 8.17. The molecule has 4 aromatic heterocycles. The number of nitrogens with zero attached hydrogens (tertiary/aromatic N) is 6. The summed E-state index contributed by atoms with van der Waals surface area (Å²) in [7, 11) is 0. The van der Waals surface area contributed by atoms with E-state index in [0.717, 1.165) is 36.1 Å². The number of halogens is 4. The number of imidazole rings is 1. The number of nitrogens with two attached hydrogens (primary N) is 2. The lowest BCUT2D eigenvalue weighted by Gasteiger charge is -2.38. The fourth-order valence-electron chi connectivity index (χ4n) is 5.58. The molecule has 0 saturated heterocycles. The molecule has 6 rings (SSSR count). The predicted molar refractivity (Wildman–Crippen MR) is 145 cm³/mol. The Bertz CT molecular complexity index is 1740. The number of fused-ring (bicyclic) bond motifs is 1. The van der Waals surface area contributed by atoms with Gasteiger partial charge in [0.25, 0.3) is 0 Å². The van der Waals surface area contributed by atoms with Crippen LogP contribution in [0.5, 0.6) is 0 Å². The van der Waals surface area contributed by atoms with E-state index in [0.29, 0.717) is 41.8 Å². The molecule has 40 heavy (non-hydrogen) atoms. The van der Waals surface area contributed by atoms with Crippen molar-refractivity contribution in [2.24, 2.45) is 5.73 Å². The van der Waals surface area contributed by atoms with Gasteiger partial charge in [-0.1, -0.05) is 18.0 Å². The molecule has 4 heterocycles. The number of aromatic nitrogens is 6. The molecule has 204 valence electrons. The van der Waals surface area contributed by atoms with Crippen molar-refractivity contribution in [3.63, 3.8) is 0 Å². The number of rotatable bonds is 5. The molecular weight excluding hydrogens is 541 g/mol. The van der Waals surface area contributed by atoms with E-state index in [4.69, 9.17) is 23.1 Å². The summed E-state index contributed by atoms with van der Waals surface area (Å²) in [5.41, 5.74) is 15.6. The first kappa shape index (κ1) is 26.1. The third-order valence-corrected chi connectivity index (χ3v) is 7.73. The Morgan fingerprint density at radius 3 is 2.65 bits per heavy atom. The molecule has 1 unspecified atom stereocenters. The van der Waals surface area contributed by atoms with Crippen LogP contribution in [0.25, 0.3) is 22.4 Å². The van der Waals surface area contributed by atoms with E-state index in [1.165, 1.54) is 24.5 Å². The molecule has 2 atom stereocenters. The second kappa shape index (κ2) is 10.1. The molecule has 0 aliphatic heterocycles. The van der Waals surface area contributed by atoms with Gasteiger partial charge in [0.15, 0.2) is 23.1 Å². The number of benzene rings is 1. The Hall–Kier alpha value is -4.09. The number of hydrogen-bond donors (Lipinski definition) is 2. The van der Waals surface area contributed by atoms with Gasteiger partial charge in [0.1, 0.15) is 22.8 Å². The molecule has 0 radical (unpaired) electrons. The summed E-state index contributed by atoms with van der Waals surface area (Å²) in [6.07, 6.45) is 7.20. The highest BCUT2D eigenvalue weighted by Crippen LogP contribution is 2.44. The first-order valence-electron chi connectivity index (χ1n) is 12.7. The first-order chi connectivity index (χ1) is 19.2. The lowest BCUT2D eigenvalue weighted by atomic mass is 9.71. The average Bonchev–Trinajstić information content (AvgIpc) is 3.35. The molecule has 1 aromatic carbocycles. The van der Waals surface area contributed by atoms with Gasteiger partial charge in [0.05, 0.1) is 29.8 Å². The van der Waals surface area contributed by atoms with Crippen molar-refractivity contribution in [2.75, 3.05) is 5.73 Å². The number of hydrogen-bond acceptors (Lipinski definition) is 7. The van der Waals surface area contributed by atoms with Gasteiger partial charge >= 0.3 is 0 Å². The second-order valence-electron chi connectivity index (χ2n) is 10.1. The van der Waals surface area contributed by atoms with Crippen molar-refractivity contribution in [3.8, 4) is 11.3 Å². The summed E-state index contributed by atoms with van der Waals surface area (Å²) in [6.45, 7) is 0.333. The zero-order valence-corrected chi connectivity index (χ0v) is 21.9. The minimum Gasteiger partial charge on any atom is -0.382 e.